The number of carbonyl (C=O) groups is 1. The number of ether oxygens (including phenoxy) is 7. The van der Waals surface area contributed by atoms with Gasteiger partial charge in [-0.2, -0.15) is 0 Å². The molecule has 3 rings (SSSR count). The fourth-order valence-corrected chi connectivity index (χ4v) is 5.32. The van der Waals surface area contributed by atoms with Gasteiger partial charge in [0.1, 0.15) is 24.7 Å². The number of benzene rings is 3. The number of carboxylic acids is 1. The maximum absolute atomic E-state index is 11.1. The van der Waals surface area contributed by atoms with Crippen LogP contribution >= 0.6 is 0 Å². The Morgan fingerprint density at radius 3 is 1.49 bits per heavy atom. The van der Waals surface area contributed by atoms with Crippen molar-refractivity contribution in [3.05, 3.63) is 84.4 Å². The van der Waals surface area contributed by atoms with Crippen LogP contribution in [0.2, 0.25) is 0 Å². The highest BCUT2D eigenvalue weighted by Crippen LogP contribution is 2.23. The van der Waals surface area contributed by atoms with Gasteiger partial charge >= 0.3 is 5.97 Å². The summed E-state index contributed by atoms with van der Waals surface area (Å²) in [5.74, 6) is 0.886. The van der Waals surface area contributed by atoms with Gasteiger partial charge in [-0.3, -0.25) is 0 Å². The van der Waals surface area contributed by atoms with Crippen LogP contribution in [0.3, 0.4) is 0 Å². The van der Waals surface area contributed by atoms with Crippen molar-refractivity contribution in [3.8, 4) is 22.6 Å². The van der Waals surface area contributed by atoms with Gasteiger partial charge in [0.2, 0.25) is 0 Å². The van der Waals surface area contributed by atoms with Crippen LogP contribution in [0.5, 0.6) is 11.5 Å². The van der Waals surface area contributed by atoms with E-state index in [2.05, 4.69) is 45.0 Å². The Bertz CT molecular complexity index is 1280. The molecule has 0 spiro atoms. The first kappa shape index (κ1) is 65.4. The third kappa shape index (κ3) is 27.0. The molecule has 4 unspecified atom stereocenters. The molecule has 0 heterocycles. The molecule has 0 aromatic heterocycles. The smallest absolute Gasteiger partial charge is 0.335 e. The van der Waals surface area contributed by atoms with Crippen LogP contribution in [-0.4, -0.2) is 88.8 Å². The van der Waals surface area contributed by atoms with E-state index >= 15 is 0 Å². The fourth-order valence-electron chi connectivity index (χ4n) is 5.32. The summed E-state index contributed by atoms with van der Waals surface area (Å²) in [5.41, 5.74) is 2.54. The predicted molar refractivity (Wildman–Crippen MR) is 246 cm³/mol. The number of hydrogen-bond acceptors (Lipinski definition) is 8. The third-order valence-corrected chi connectivity index (χ3v) is 7.93. The summed E-state index contributed by atoms with van der Waals surface area (Å²) in [6, 6.07) is 24.7. The minimum atomic E-state index is -0.967. The standard InChI is InChI=1S/C40H56O9.8CH4/c1-6-35(49-29-30(2)3)27-39(48-25-24-46-36-16-12-33(13-17-36)32-10-8-7-9-11-32)28-38(47-21-20-43-5)26-31(4)44-22-23-45-37-18-14-34(15-19-37)40(41)42;;;;;;;;/h7-19,30-31,35,38-39H,6,20-29H2,1-5H3,(H,41,42);8*1H4. The fraction of sp³-hybridized carbons (Fsp3) is 0.604. The Morgan fingerprint density at radius 2 is 1.00 bits per heavy atom. The molecule has 0 saturated heterocycles. The highest BCUT2D eigenvalue weighted by Gasteiger charge is 2.24. The molecule has 0 saturated carbocycles. The second-order valence-corrected chi connectivity index (χ2v) is 12.5. The van der Waals surface area contributed by atoms with E-state index in [1.54, 1.807) is 19.2 Å². The van der Waals surface area contributed by atoms with E-state index in [4.69, 9.17) is 38.3 Å². The molecule has 334 valence electrons. The molecule has 0 aliphatic carbocycles. The van der Waals surface area contributed by atoms with Gasteiger partial charge < -0.3 is 38.3 Å². The van der Waals surface area contributed by atoms with Crippen LogP contribution in [0.4, 0.5) is 0 Å². The normalized spacial score (nSPS) is 12.0. The lowest BCUT2D eigenvalue weighted by Crippen LogP contribution is -2.32. The molecule has 0 aliphatic heterocycles. The molecular weight excluding hydrogens is 721 g/mol. The van der Waals surface area contributed by atoms with E-state index in [9.17, 15) is 4.79 Å². The van der Waals surface area contributed by atoms with Crippen molar-refractivity contribution in [3.63, 3.8) is 0 Å². The average Bonchev–Trinajstić information content (AvgIpc) is 3.11. The largest absolute Gasteiger partial charge is 0.491 e. The molecule has 0 bridgehead atoms. The molecule has 3 aromatic carbocycles. The molecule has 9 nitrogen and oxygen atoms in total. The van der Waals surface area contributed by atoms with Crippen molar-refractivity contribution in [2.24, 2.45) is 5.92 Å². The maximum Gasteiger partial charge on any atom is 0.335 e. The van der Waals surface area contributed by atoms with Gasteiger partial charge in [0.05, 0.1) is 56.4 Å². The number of rotatable bonds is 26. The average molecular weight is 809 g/mol. The summed E-state index contributed by atoms with van der Waals surface area (Å²) in [6.45, 7) is 11.8. The SMILES string of the molecule is C.C.C.C.C.C.C.C.CCC(CC(CC(CC(C)OCCOc1ccc(C(=O)O)cc1)OCCOC)OCCOc1ccc(-c2ccccc2)cc1)OCC(C)C. The minimum Gasteiger partial charge on any atom is -0.491 e. The van der Waals surface area contributed by atoms with Crippen LogP contribution < -0.4 is 9.47 Å². The van der Waals surface area contributed by atoms with Gasteiger partial charge in [-0.15, -0.1) is 0 Å². The van der Waals surface area contributed by atoms with Gasteiger partial charge in [-0.05, 0) is 86.1 Å². The van der Waals surface area contributed by atoms with Crippen LogP contribution in [0.15, 0.2) is 78.9 Å². The molecule has 9 heteroatoms. The predicted octanol–water partition coefficient (Wildman–Crippen LogP) is 13.0. The zero-order chi connectivity index (χ0) is 35.3. The molecule has 0 amide bonds. The van der Waals surface area contributed by atoms with Crippen LogP contribution in [0, 0.1) is 5.92 Å². The van der Waals surface area contributed by atoms with Crippen molar-refractivity contribution in [1.82, 2.24) is 0 Å². The van der Waals surface area contributed by atoms with E-state index < -0.39 is 5.97 Å². The summed E-state index contributed by atoms with van der Waals surface area (Å²) in [5, 5.41) is 9.08. The van der Waals surface area contributed by atoms with Crippen molar-refractivity contribution >= 4 is 5.97 Å². The Hall–Kier alpha value is -3.47. The highest BCUT2D eigenvalue weighted by molar-refractivity contribution is 5.87. The van der Waals surface area contributed by atoms with Crippen molar-refractivity contribution in [2.75, 3.05) is 53.4 Å². The molecule has 57 heavy (non-hydrogen) atoms. The zero-order valence-electron chi connectivity index (χ0n) is 29.9. The first-order valence-electron chi connectivity index (χ1n) is 17.5. The van der Waals surface area contributed by atoms with Crippen LogP contribution in [-0.2, 0) is 23.7 Å². The Morgan fingerprint density at radius 1 is 0.544 bits per heavy atom. The Labute approximate surface area is 351 Å². The van der Waals surface area contributed by atoms with Gasteiger partial charge in [-0.25, -0.2) is 4.79 Å². The lowest BCUT2D eigenvalue weighted by atomic mass is 10.00. The molecule has 4 atom stereocenters. The molecular formula is C48H88O9. The highest BCUT2D eigenvalue weighted by atomic mass is 16.5. The van der Waals surface area contributed by atoms with E-state index in [1.807, 2.05) is 37.3 Å². The molecule has 0 radical (unpaired) electrons. The number of hydrogen-bond donors (Lipinski definition) is 1. The summed E-state index contributed by atoms with van der Waals surface area (Å²) in [6.07, 6.45) is 2.77. The summed E-state index contributed by atoms with van der Waals surface area (Å²) in [4.78, 5) is 11.1. The van der Waals surface area contributed by atoms with E-state index in [0.29, 0.717) is 70.8 Å². The lowest BCUT2D eigenvalue weighted by molar-refractivity contribution is -0.0758. The lowest BCUT2D eigenvalue weighted by Gasteiger charge is -2.29. The molecule has 3 aromatic rings. The molecule has 1 N–H and O–H groups in total. The summed E-state index contributed by atoms with van der Waals surface area (Å²) in [7, 11) is 1.67. The summed E-state index contributed by atoms with van der Waals surface area (Å²) >= 11 is 0. The number of carboxylic acid groups (broad SMARTS) is 1. The van der Waals surface area contributed by atoms with E-state index in [1.165, 1.54) is 17.7 Å². The van der Waals surface area contributed by atoms with E-state index in [0.717, 1.165) is 24.2 Å². The number of methoxy groups -OCH3 is 1. The maximum atomic E-state index is 11.1. The Kier molecular flexibility index (Phi) is 43.7. The van der Waals surface area contributed by atoms with Gasteiger partial charge in [0, 0.05) is 13.7 Å². The topological polar surface area (TPSA) is 102 Å². The quantitative estimate of drug-likeness (QED) is 0.0794. The zero-order valence-corrected chi connectivity index (χ0v) is 29.9. The van der Waals surface area contributed by atoms with Crippen LogP contribution in [0.1, 0.15) is 123 Å². The third-order valence-electron chi connectivity index (χ3n) is 7.93. The first-order valence-corrected chi connectivity index (χ1v) is 17.5. The van der Waals surface area contributed by atoms with Gasteiger partial charge in [0.25, 0.3) is 0 Å². The van der Waals surface area contributed by atoms with Gasteiger partial charge in [0.15, 0.2) is 0 Å². The van der Waals surface area contributed by atoms with Gasteiger partial charge in [-0.1, -0.05) is 123 Å². The second-order valence-electron chi connectivity index (χ2n) is 12.5. The summed E-state index contributed by atoms with van der Waals surface area (Å²) < 4.78 is 42.1. The van der Waals surface area contributed by atoms with Crippen LogP contribution in [0.25, 0.3) is 11.1 Å². The number of aromatic carboxylic acids is 1. The van der Waals surface area contributed by atoms with Crippen molar-refractivity contribution in [2.45, 2.75) is 137 Å². The first-order chi connectivity index (χ1) is 23.8. The second kappa shape index (κ2) is 38.1. The Balaban J connectivity index is -0.000000813. The van der Waals surface area contributed by atoms with E-state index in [-0.39, 0.29) is 89.4 Å². The minimum absolute atomic E-state index is 0. The van der Waals surface area contributed by atoms with Crippen molar-refractivity contribution < 1.29 is 43.1 Å². The monoisotopic (exact) mass is 809 g/mol. The van der Waals surface area contributed by atoms with Crippen molar-refractivity contribution in [1.29, 1.82) is 0 Å². The molecule has 0 fully saturated rings. The molecule has 0 aliphatic rings.